The van der Waals surface area contributed by atoms with Gasteiger partial charge in [-0.25, -0.2) is 0 Å². The quantitative estimate of drug-likeness (QED) is 0.561. The number of nitrogens with two attached hydrogens (primary N) is 1. The predicted molar refractivity (Wildman–Crippen MR) is 58.3 cm³/mol. The molecule has 0 rings (SSSR count). The zero-order valence-corrected chi connectivity index (χ0v) is 9.86. The third kappa shape index (κ3) is 8.35. The molecule has 0 aromatic heterocycles. The van der Waals surface area contributed by atoms with Crippen LogP contribution in [0.4, 0.5) is 0 Å². The molecule has 2 N–H and O–H groups in total. The summed E-state index contributed by atoms with van der Waals surface area (Å²) in [4.78, 5) is 12.5. The second kappa shape index (κ2) is 8.64. The Hall–Kier alpha value is -0.650. The van der Waals surface area contributed by atoms with Crippen LogP contribution in [0.1, 0.15) is 20.3 Å². The summed E-state index contributed by atoms with van der Waals surface area (Å²) in [5, 5.41) is 0. The molecule has 0 saturated heterocycles. The lowest BCUT2D eigenvalue weighted by atomic mass is 10.3. The maximum atomic E-state index is 10.6. The van der Waals surface area contributed by atoms with Crippen LogP contribution in [0.25, 0.3) is 0 Å². The van der Waals surface area contributed by atoms with Gasteiger partial charge in [-0.3, -0.25) is 9.69 Å². The van der Waals surface area contributed by atoms with Crippen molar-refractivity contribution in [3.8, 4) is 0 Å². The van der Waals surface area contributed by atoms with Crippen molar-refractivity contribution < 1.29 is 14.3 Å². The van der Waals surface area contributed by atoms with Gasteiger partial charge in [0.05, 0.1) is 6.54 Å². The first kappa shape index (κ1) is 14.3. The molecule has 0 saturated carbocycles. The fourth-order valence-electron chi connectivity index (χ4n) is 1.26. The summed E-state index contributed by atoms with van der Waals surface area (Å²) < 4.78 is 10.7. The first-order valence-electron chi connectivity index (χ1n) is 5.30. The molecule has 0 aromatic rings. The molecule has 0 spiro atoms. The largest absolute Gasteiger partial charge is 0.369 e. The maximum Gasteiger partial charge on any atom is 0.231 e. The Morgan fingerprint density at radius 2 is 1.87 bits per heavy atom. The van der Waals surface area contributed by atoms with Crippen LogP contribution in [0, 0.1) is 0 Å². The molecule has 0 bridgehead atoms. The maximum absolute atomic E-state index is 10.6. The van der Waals surface area contributed by atoms with Crippen LogP contribution in [0.2, 0.25) is 0 Å². The minimum Gasteiger partial charge on any atom is -0.369 e. The van der Waals surface area contributed by atoms with Crippen molar-refractivity contribution in [1.29, 1.82) is 0 Å². The Bertz CT molecular complexity index is 170. The number of carbonyl (C=O) groups excluding carboxylic acids is 1. The first-order chi connectivity index (χ1) is 7.10. The van der Waals surface area contributed by atoms with Crippen molar-refractivity contribution in [1.82, 2.24) is 4.90 Å². The van der Waals surface area contributed by atoms with Gasteiger partial charge in [0.1, 0.15) is 0 Å². The Labute approximate surface area is 91.5 Å². The molecular formula is C10H22N2O3. The van der Waals surface area contributed by atoms with Crippen molar-refractivity contribution >= 4 is 5.91 Å². The Morgan fingerprint density at radius 3 is 2.27 bits per heavy atom. The molecule has 15 heavy (non-hydrogen) atoms. The van der Waals surface area contributed by atoms with E-state index in [1.807, 2.05) is 25.8 Å². The van der Waals surface area contributed by atoms with Crippen LogP contribution in [-0.2, 0) is 14.3 Å². The monoisotopic (exact) mass is 218 g/mol. The molecule has 0 aromatic carbocycles. The van der Waals surface area contributed by atoms with Crippen molar-refractivity contribution in [2.45, 2.75) is 26.6 Å². The van der Waals surface area contributed by atoms with Crippen LogP contribution in [0.3, 0.4) is 0 Å². The second-order valence-electron chi connectivity index (χ2n) is 3.33. The van der Waals surface area contributed by atoms with Crippen LogP contribution in [0.5, 0.6) is 0 Å². The van der Waals surface area contributed by atoms with Gasteiger partial charge in [0.15, 0.2) is 6.29 Å². The molecule has 0 atom stereocenters. The predicted octanol–water partition coefficient (Wildman–Crippen LogP) is 0.193. The topological polar surface area (TPSA) is 64.8 Å². The fraction of sp³-hybridized carbons (Fsp3) is 0.900. The fourth-order valence-corrected chi connectivity index (χ4v) is 1.26. The highest BCUT2D eigenvalue weighted by Gasteiger charge is 2.10. The van der Waals surface area contributed by atoms with Crippen molar-refractivity contribution in [3.63, 3.8) is 0 Å². The molecule has 0 fully saturated rings. The lowest BCUT2D eigenvalue weighted by Gasteiger charge is -2.20. The van der Waals surface area contributed by atoms with E-state index in [1.54, 1.807) is 0 Å². The summed E-state index contributed by atoms with van der Waals surface area (Å²) in [6.45, 7) is 6.12. The van der Waals surface area contributed by atoms with Gasteiger partial charge < -0.3 is 15.2 Å². The molecule has 1 amide bonds. The molecule has 0 aliphatic heterocycles. The molecule has 5 nitrogen and oxygen atoms in total. The number of hydrogen-bond donors (Lipinski definition) is 1. The van der Waals surface area contributed by atoms with E-state index in [2.05, 4.69) is 0 Å². The summed E-state index contributed by atoms with van der Waals surface area (Å²) in [6, 6.07) is 0. The highest BCUT2D eigenvalue weighted by Crippen LogP contribution is 2.02. The highest BCUT2D eigenvalue weighted by molar-refractivity contribution is 5.75. The van der Waals surface area contributed by atoms with Crippen LogP contribution >= 0.6 is 0 Å². The number of likely N-dealkylation sites (N-methyl/N-ethyl adjacent to an activating group) is 1. The van der Waals surface area contributed by atoms with E-state index in [4.69, 9.17) is 15.2 Å². The Morgan fingerprint density at radius 1 is 1.33 bits per heavy atom. The number of carbonyl (C=O) groups is 1. The Kier molecular flexibility index (Phi) is 8.27. The third-order valence-corrected chi connectivity index (χ3v) is 1.88. The van der Waals surface area contributed by atoms with Gasteiger partial charge in [0, 0.05) is 26.2 Å². The lowest BCUT2D eigenvalue weighted by Crippen LogP contribution is -2.33. The summed E-state index contributed by atoms with van der Waals surface area (Å²) in [6.07, 6.45) is 0.557. The minimum atomic E-state index is -0.318. The van der Waals surface area contributed by atoms with Crippen molar-refractivity contribution in [2.75, 3.05) is 33.4 Å². The summed E-state index contributed by atoms with van der Waals surface area (Å²) in [5.74, 6) is -0.318. The van der Waals surface area contributed by atoms with Gasteiger partial charge in [-0.2, -0.15) is 0 Å². The molecule has 5 heteroatoms. The van der Waals surface area contributed by atoms with Gasteiger partial charge in [0.25, 0.3) is 0 Å². The molecule has 90 valence electrons. The van der Waals surface area contributed by atoms with Gasteiger partial charge in [-0.05, 0) is 20.9 Å². The SMILES string of the molecule is CCOC(CCN(C)CC(N)=O)OCC. The number of amides is 1. The molecule has 0 radical (unpaired) electrons. The van der Waals surface area contributed by atoms with Crippen LogP contribution in [0.15, 0.2) is 0 Å². The lowest BCUT2D eigenvalue weighted by molar-refractivity contribution is -0.142. The highest BCUT2D eigenvalue weighted by atomic mass is 16.7. The summed E-state index contributed by atoms with van der Waals surface area (Å²) in [5.41, 5.74) is 5.07. The third-order valence-electron chi connectivity index (χ3n) is 1.88. The van der Waals surface area contributed by atoms with E-state index >= 15 is 0 Å². The van der Waals surface area contributed by atoms with Crippen LogP contribution in [-0.4, -0.2) is 50.4 Å². The van der Waals surface area contributed by atoms with E-state index in [1.165, 1.54) is 0 Å². The zero-order valence-electron chi connectivity index (χ0n) is 9.86. The van der Waals surface area contributed by atoms with Gasteiger partial charge in [-0.15, -0.1) is 0 Å². The molecule has 0 heterocycles. The standard InChI is InChI=1S/C10H22N2O3/c1-4-14-10(15-5-2)6-7-12(3)8-9(11)13/h10H,4-8H2,1-3H3,(H2,11,13). The van der Waals surface area contributed by atoms with Gasteiger partial charge >= 0.3 is 0 Å². The zero-order chi connectivity index (χ0) is 11.7. The van der Waals surface area contributed by atoms with Crippen molar-refractivity contribution in [2.24, 2.45) is 5.73 Å². The van der Waals surface area contributed by atoms with E-state index in [-0.39, 0.29) is 18.7 Å². The van der Waals surface area contributed by atoms with Crippen LogP contribution < -0.4 is 5.73 Å². The molecule has 0 aliphatic rings. The van der Waals surface area contributed by atoms with Gasteiger partial charge in [0.2, 0.25) is 5.91 Å². The first-order valence-corrected chi connectivity index (χ1v) is 5.30. The molecular weight excluding hydrogens is 196 g/mol. The average molecular weight is 218 g/mol. The molecule has 0 aliphatic carbocycles. The van der Waals surface area contributed by atoms with E-state index in [9.17, 15) is 4.79 Å². The van der Waals surface area contributed by atoms with E-state index in [0.717, 1.165) is 13.0 Å². The number of primary amides is 1. The van der Waals surface area contributed by atoms with E-state index in [0.29, 0.717) is 13.2 Å². The van der Waals surface area contributed by atoms with Crippen molar-refractivity contribution in [3.05, 3.63) is 0 Å². The minimum absolute atomic E-state index is 0.185. The number of nitrogens with zero attached hydrogens (tertiary/aromatic N) is 1. The smallest absolute Gasteiger partial charge is 0.231 e. The number of ether oxygens (including phenoxy) is 2. The van der Waals surface area contributed by atoms with E-state index < -0.39 is 0 Å². The number of rotatable bonds is 9. The second-order valence-corrected chi connectivity index (χ2v) is 3.33. The normalized spacial score (nSPS) is 11.3. The Balaban J connectivity index is 3.71. The summed E-state index contributed by atoms with van der Waals surface area (Å²) >= 11 is 0. The summed E-state index contributed by atoms with van der Waals surface area (Å²) in [7, 11) is 1.85. The average Bonchev–Trinajstić information content (AvgIpc) is 2.14. The van der Waals surface area contributed by atoms with Gasteiger partial charge in [-0.1, -0.05) is 0 Å². The molecule has 0 unspecified atom stereocenters. The number of hydrogen-bond acceptors (Lipinski definition) is 4.